The fourth-order valence-electron chi connectivity index (χ4n) is 2.05. The highest BCUT2D eigenvalue weighted by Gasteiger charge is 2.10. The van der Waals surface area contributed by atoms with Crippen molar-refractivity contribution in [2.45, 2.75) is 6.42 Å². The second-order valence-corrected chi connectivity index (χ2v) is 4.77. The molecule has 0 amide bonds. The molecule has 0 atom stereocenters. The van der Waals surface area contributed by atoms with Crippen LogP contribution in [-0.4, -0.2) is 34.4 Å². The molecular weight excluding hydrogens is 256 g/mol. The molecule has 0 aliphatic rings. The lowest BCUT2D eigenvalue weighted by Gasteiger charge is -2.21. The van der Waals surface area contributed by atoms with E-state index in [1.165, 1.54) is 6.07 Å². The van der Waals surface area contributed by atoms with Gasteiger partial charge in [-0.3, -0.25) is 4.68 Å². The zero-order valence-corrected chi connectivity index (χ0v) is 11.6. The molecule has 0 aliphatic carbocycles. The van der Waals surface area contributed by atoms with Crippen molar-refractivity contribution in [2.24, 2.45) is 7.05 Å². The summed E-state index contributed by atoms with van der Waals surface area (Å²) < 4.78 is 1.77. The van der Waals surface area contributed by atoms with Gasteiger partial charge in [-0.2, -0.15) is 5.10 Å². The van der Waals surface area contributed by atoms with Gasteiger partial charge in [0.25, 0.3) is 0 Å². The van der Waals surface area contributed by atoms with Crippen molar-refractivity contribution < 1.29 is 9.90 Å². The van der Waals surface area contributed by atoms with Gasteiger partial charge in [0.15, 0.2) is 0 Å². The Morgan fingerprint density at radius 3 is 2.80 bits per heavy atom. The van der Waals surface area contributed by atoms with Crippen LogP contribution in [0.5, 0.6) is 0 Å². The molecule has 2 rings (SSSR count). The molecule has 6 heteroatoms. The molecule has 0 saturated heterocycles. The summed E-state index contributed by atoms with van der Waals surface area (Å²) in [4.78, 5) is 12.9. The highest BCUT2D eigenvalue weighted by molar-refractivity contribution is 5.90. The number of benzene rings is 1. The van der Waals surface area contributed by atoms with E-state index in [9.17, 15) is 4.79 Å². The van der Waals surface area contributed by atoms with Crippen molar-refractivity contribution in [3.05, 3.63) is 41.7 Å². The zero-order chi connectivity index (χ0) is 14.7. The third-order valence-corrected chi connectivity index (χ3v) is 3.18. The molecule has 0 aliphatic heterocycles. The average Bonchev–Trinajstić information content (AvgIpc) is 2.81. The van der Waals surface area contributed by atoms with Crippen LogP contribution in [0.1, 0.15) is 15.9 Å². The van der Waals surface area contributed by atoms with Gasteiger partial charge in [0, 0.05) is 26.8 Å². The van der Waals surface area contributed by atoms with Crippen LogP contribution in [0.3, 0.4) is 0 Å². The smallest absolute Gasteiger partial charge is 0.335 e. The lowest BCUT2D eigenvalue weighted by Crippen LogP contribution is -2.21. The van der Waals surface area contributed by atoms with Crippen LogP contribution in [0, 0.1) is 0 Å². The van der Waals surface area contributed by atoms with Gasteiger partial charge in [-0.05, 0) is 30.2 Å². The van der Waals surface area contributed by atoms with E-state index in [2.05, 4.69) is 5.10 Å². The van der Waals surface area contributed by atoms with Crippen LogP contribution < -0.4 is 10.6 Å². The van der Waals surface area contributed by atoms with E-state index >= 15 is 0 Å². The number of nitrogens with two attached hydrogens (primary N) is 1. The van der Waals surface area contributed by atoms with E-state index in [1.54, 1.807) is 16.8 Å². The van der Waals surface area contributed by atoms with Crippen molar-refractivity contribution in [2.75, 3.05) is 24.2 Å². The number of anilines is 2. The van der Waals surface area contributed by atoms with Gasteiger partial charge in [0.05, 0.1) is 23.1 Å². The molecule has 1 heterocycles. The average molecular weight is 274 g/mol. The van der Waals surface area contributed by atoms with Crippen LogP contribution in [0.15, 0.2) is 30.6 Å². The Labute approximate surface area is 117 Å². The second-order valence-electron chi connectivity index (χ2n) is 4.77. The number of nitrogen functional groups attached to an aromatic ring is 1. The monoisotopic (exact) mass is 274 g/mol. The number of aryl methyl sites for hydroxylation is 1. The molecule has 1 aromatic carbocycles. The van der Waals surface area contributed by atoms with Crippen molar-refractivity contribution in [3.8, 4) is 0 Å². The molecule has 106 valence electrons. The number of hydrogen-bond donors (Lipinski definition) is 2. The Morgan fingerprint density at radius 1 is 1.50 bits per heavy atom. The first-order valence-corrected chi connectivity index (χ1v) is 6.29. The number of aromatic carboxylic acids is 1. The normalized spacial score (nSPS) is 10.5. The van der Waals surface area contributed by atoms with E-state index in [4.69, 9.17) is 10.8 Å². The van der Waals surface area contributed by atoms with Crippen LogP contribution in [-0.2, 0) is 13.5 Å². The van der Waals surface area contributed by atoms with E-state index in [1.807, 2.05) is 31.4 Å². The highest BCUT2D eigenvalue weighted by atomic mass is 16.4. The van der Waals surface area contributed by atoms with Gasteiger partial charge >= 0.3 is 5.97 Å². The number of carbonyl (C=O) groups is 1. The molecule has 0 fully saturated rings. The Kier molecular flexibility index (Phi) is 3.93. The molecule has 0 unspecified atom stereocenters. The van der Waals surface area contributed by atoms with Gasteiger partial charge in [0.2, 0.25) is 0 Å². The maximum absolute atomic E-state index is 10.9. The lowest BCUT2D eigenvalue weighted by molar-refractivity contribution is 0.0697. The molecule has 1 aromatic heterocycles. The molecule has 2 aromatic rings. The minimum Gasteiger partial charge on any atom is -0.478 e. The third kappa shape index (κ3) is 3.09. The maximum atomic E-state index is 10.9. The van der Waals surface area contributed by atoms with Crippen molar-refractivity contribution in [1.82, 2.24) is 9.78 Å². The number of rotatable bonds is 5. The van der Waals surface area contributed by atoms with Gasteiger partial charge in [-0.1, -0.05) is 0 Å². The van der Waals surface area contributed by atoms with E-state index in [0.717, 1.165) is 24.2 Å². The van der Waals surface area contributed by atoms with Gasteiger partial charge in [0.1, 0.15) is 0 Å². The van der Waals surface area contributed by atoms with Crippen LogP contribution in [0.25, 0.3) is 0 Å². The Bertz CT molecular complexity index is 621. The minimum absolute atomic E-state index is 0.201. The summed E-state index contributed by atoms with van der Waals surface area (Å²) in [5, 5.41) is 13.0. The standard InChI is InChI=1S/C14H18N4O2/c1-17(6-5-10-8-16-18(2)9-10)13-4-3-11(14(19)20)7-12(13)15/h3-4,7-9H,5-6,15H2,1-2H3,(H,19,20). The summed E-state index contributed by atoms with van der Waals surface area (Å²) in [5.41, 5.74) is 8.57. The predicted molar refractivity (Wildman–Crippen MR) is 78.0 cm³/mol. The summed E-state index contributed by atoms with van der Waals surface area (Å²) in [7, 11) is 3.82. The Balaban J connectivity index is 2.05. The van der Waals surface area contributed by atoms with Crippen LogP contribution >= 0.6 is 0 Å². The number of likely N-dealkylation sites (N-methyl/N-ethyl adjacent to an activating group) is 1. The fourth-order valence-corrected chi connectivity index (χ4v) is 2.05. The summed E-state index contributed by atoms with van der Waals surface area (Å²) >= 11 is 0. The molecule has 6 nitrogen and oxygen atoms in total. The number of nitrogens with zero attached hydrogens (tertiary/aromatic N) is 3. The van der Waals surface area contributed by atoms with E-state index < -0.39 is 5.97 Å². The third-order valence-electron chi connectivity index (χ3n) is 3.18. The molecule has 0 radical (unpaired) electrons. The Hall–Kier alpha value is -2.50. The molecule has 0 bridgehead atoms. The molecule has 3 N–H and O–H groups in total. The topological polar surface area (TPSA) is 84.4 Å². The summed E-state index contributed by atoms with van der Waals surface area (Å²) in [6.45, 7) is 0.780. The quantitative estimate of drug-likeness (QED) is 0.805. The van der Waals surface area contributed by atoms with Gasteiger partial charge < -0.3 is 15.7 Å². The predicted octanol–water partition coefficient (Wildman–Crippen LogP) is 1.38. The number of aromatic nitrogens is 2. The first-order valence-electron chi connectivity index (χ1n) is 6.29. The molecule has 20 heavy (non-hydrogen) atoms. The minimum atomic E-state index is -0.971. The van der Waals surface area contributed by atoms with Crippen molar-refractivity contribution >= 4 is 17.3 Å². The summed E-state index contributed by atoms with van der Waals surface area (Å²) in [5.74, 6) is -0.971. The SMILES string of the molecule is CN(CCc1cnn(C)c1)c1ccc(C(=O)O)cc1N. The Morgan fingerprint density at radius 2 is 2.25 bits per heavy atom. The molecule has 0 spiro atoms. The van der Waals surface area contributed by atoms with Gasteiger partial charge in [-0.15, -0.1) is 0 Å². The second kappa shape index (κ2) is 5.64. The zero-order valence-electron chi connectivity index (χ0n) is 11.6. The summed E-state index contributed by atoms with van der Waals surface area (Å²) in [6.07, 6.45) is 4.67. The number of hydrogen-bond acceptors (Lipinski definition) is 4. The largest absolute Gasteiger partial charge is 0.478 e. The van der Waals surface area contributed by atoms with Crippen LogP contribution in [0.4, 0.5) is 11.4 Å². The van der Waals surface area contributed by atoms with E-state index in [-0.39, 0.29) is 5.56 Å². The maximum Gasteiger partial charge on any atom is 0.335 e. The first kappa shape index (κ1) is 13.9. The van der Waals surface area contributed by atoms with Gasteiger partial charge in [-0.25, -0.2) is 4.79 Å². The van der Waals surface area contributed by atoms with Crippen LogP contribution in [0.2, 0.25) is 0 Å². The lowest BCUT2D eigenvalue weighted by atomic mass is 10.1. The fraction of sp³-hybridized carbons (Fsp3) is 0.286. The number of carboxylic acid groups (broad SMARTS) is 1. The molecule has 0 saturated carbocycles. The number of carboxylic acids is 1. The van der Waals surface area contributed by atoms with Crippen molar-refractivity contribution in [3.63, 3.8) is 0 Å². The summed E-state index contributed by atoms with van der Waals surface area (Å²) in [6, 6.07) is 4.79. The molecular formula is C14H18N4O2. The first-order chi connectivity index (χ1) is 9.47. The van der Waals surface area contributed by atoms with Crippen molar-refractivity contribution in [1.29, 1.82) is 0 Å². The van der Waals surface area contributed by atoms with E-state index in [0.29, 0.717) is 5.69 Å². The highest BCUT2D eigenvalue weighted by Crippen LogP contribution is 2.23.